The van der Waals surface area contributed by atoms with E-state index in [1.807, 2.05) is 19.1 Å². The summed E-state index contributed by atoms with van der Waals surface area (Å²) in [4.78, 5) is 11.6. The van der Waals surface area contributed by atoms with Crippen LogP contribution in [0.1, 0.15) is 38.3 Å². The highest BCUT2D eigenvalue weighted by molar-refractivity contribution is 5.93. The average Bonchev–Trinajstić information content (AvgIpc) is 3.21. The highest BCUT2D eigenvalue weighted by Gasteiger charge is 2.29. The summed E-state index contributed by atoms with van der Waals surface area (Å²) in [6.07, 6.45) is 2.07. The number of hydrogen-bond acceptors (Lipinski definition) is 2. The molecule has 1 saturated carbocycles. The van der Waals surface area contributed by atoms with Gasteiger partial charge < -0.3 is 10.6 Å². The molecule has 0 radical (unpaired) electrons. The minimum Gasteiger partial charge on any atom is -0.326 e. The molecular weight excluding hydrogens is 236 g/mol. The van der Waals surface area contributed by atoms with Gasteiger partial charge in [-0.05, 0) is 44.4 Å². The fourth-order valence-electron chi connectivity index (χ4n) is 1.89. The molecule has 2 N–H and O–H groups in total. The molecule has 0 saturated heterocycles. The molecule has 19 heavy (non-hydrogen) atoms. The molecule has 0 bridgehead atoms. The van der Waals surface area contributed by atoms with Crippen LogP contribution >= 0.6 is 0 Å². The van der Waals surface area contributed by atoms with Crippen molar-refractivity contribution in [3.63, 3.8) is 0 Å². The van der Waals surface area contributed by atoms with Crippen molar-refractivity contribution in [1.29, 1.82) is 0 Å². The first-order valence-electron chi connectivity index (χ1n) is 6.85. The second kappa shape index (κ2) is 6.02. The Bertz CT molecular complexity index is 460. The van der Waals surface area contributed by atoms with E-state index in [4.69, 9.17) is 0 Å². The lowest BCUT2D eigenvalue weighted by molar-refractivity contribution is -0.117. The second-order valence-corrected chi connectivity index (χ2v) is 5.45. The van der Waals surface area contributed by atoms with Crippen LogP contribution in [-0.2, 0) is 4.79 Å². The van der Waals surface area contributed by atoms with Gasteiger partial charge in [-0.15, -0.1) is 0 Å². The molecule has 0 spiro atoms. The summed E-state index contributed by atoms with van der Waals surface area (Å²) in [5.74, 6) is 0.400. The first-order valence-corrected chi connectivity index (χ1v) is 6.85. The van der Waals surface area contributed by atoms with Crippen LogP contribution in [0.15, 0.2) is 36.4 Å². The van der Waals surface area contributed by atoms with E-state index in [0.717, 1.165) is 30.6 Å². The van der Waals surface area contributed by atoms with E-state index in [0.29, 0.717) is 0 Å². The molecule has 3 heteroatoms. The maximum absolute atomic E-state index is 11.6. The molecule has 1 unspecified atom stereocenters. The predicted molar refractivity (Wildman–Crippen MR) is 79.0 cm³/mol. The third-order valence-corrected chi connectivity index (χ3v) is 3.34. The number of benzene rings is 1. The zero-order valence-electron chi connectivity index (χ0n) is 11.7. The van der Waals surface area contributed by atoms with Crippen LogP contribution in [0, 0.1) is 5.92 Å². The van der Waals surface area contributed by atoms with E-state index >= 15 is 0 Å². The Balaban J connectivity index is 1.89. The maximum atomic E-state index is 11.6. The first kappa shape index (κ1) is 13.8. The Morgan fingerprint density at radius 3 is 2.53 bits per heavy atom. The SMILES string of the molecule is C=C(C)CNC(C)c1ccc(NC(=O)C2CC2)cc1. The second-order valence-electron chi connectivity index (χ2n) is 5.45. The summed E-state index contributed by atoms with van der Waals surface area (Å²) in [7, 11) is 0. The van der Waals surface area contributed by atoms with E-state index in [1.54, 1.807) is 0 Å². The van der Waals surface area contributed by atoms with Crippen LogP contribution < -0.4 is 10.6 Å². The van der Waals surface area contributed by atoms with E-state index in [2.05, 4.69) is 36.3 Å². The number of nitrogens with one attached hydrogen (secondary N) is 2. The normalized spacial score (nSPS) is 15.9. The Hall–Kier alpha value is -1.61. The van der Waals surface area contributed by atoms with Gasteiger partial charge in [-0.3, -0.25) is 4.79 Å². The largest absolute Gasteiger partial charge is 0.326 e. The van der Waals surface area contributed by atoms with Crippen molar-refractivity contribution in [2.45, 2.75) is 32.7 Å². The van der Waals surface area contributed by atoms with Crippen LogP contribution in [0.25, 0.3) is 0 Å². The van der Waals surface area contributed by atoms with Gasteiger partial charge in [-0.2, -0.15) is 0 Å². The molecular formula is C16H22N2O. The number of hydrogen-bond donors (Lipinski definition) is 2. The fourth-order valence-corrected chi connectivity index (χ4v) is 1.89. The van der Waals surface area contributed by atoms with E-state index in [9.17, 15) is 4.79 Å². The molecule has 102 valence electrons. The highest BCUT2D eigenvalue weighted by atomic mass is 16.2. The third-order valence-electron chi connectivity index (χ3n) is 3.34. The van der Waals surface area contributed by atoms with Crippen molar-refractivity contribution < 1.29 is 4.79 Å². The zero-order chi connectivity index (χ0) is 13.8. The van der Waals surface area contributed by atoms with Crippen LogP contribution in [0.5, 0.6) is 0 Å². The molecule has 1 aliphatic rings. The Labute approximate surface area is 115 Å². The smallest absolute Gasteiger partial charge is 0.227 e. The summed E-state index contributed by atoms with van der Waals surface area (Å²) in [5.41, 5.74) is 3.22. The summed E-state index contributed by atoms with van der Waals surface area (Å²) in [5, 5.41) is 6.35. The van der Waals surface area contributed by atoms with Crippen molar-refractivity contribution in [2.24, 2.45) is 5.92 Å². The van der Waals surface area contributed by atoms with Gasteiger partial charge in [0.2, 0.25) is 5.91 Å². The van der Waals surface area contributed by atoms with E-state index in [-0.39, 0.29) is 17.9 Å². The Morgan fingerprint density at radius 2 is 2.00 bits per heavy atom. The van der Waals surface area contributed by atoms with E-state index in [1.165, 1.54) is 5.56 Å². The highest BCUT2D eigenvalue weighted by Crippen LogP contribution is 2.30. The van der Waals surface area contributed by atoms with Crippen molar-refractivity contribution in [3.05, 3.63) is 42.0 Å². The quantitative estimate of drug-likeness (QED) is 0.769. The minimum absolute atomic E-state index is 0.154. The lowest BCUT2D eigenvalue weighted by atomic mass is 10.1. The average molecular weight is 258 g/mol. The van der Waals surface area contributed by atoms with Gasteiger partial charge in [0, 0.05) is 24.2 Å². The Morgan fingerprint density at radius 1 is 1.37 bits per heavy atom. The molecule has 1 aromatic carbocycles. The summed E-state index contributed by atoms with van der Waals surface area (Å²) < 4.78 is 0. The monoisotopic (exact) mass is 258 g/mol. The van der Waals surface area contributed by atoms with Crippen LogP contribution in [0.3, 0.4) is 0 Å². The topological polar surface area (TPSA) is 41.1 Å². The van der Waals surface area contributed by atoms with Gasteiger partial charge in [-0.25, -0.2) is 0 Å². The molecule has 2 rings (SSSR count). The van der Waals surface area contributed by atoms with Crippen molar-refractivity contribution in [1.82, 2.24) is 5.32 Å². The number of carbonyl (C=O) groups is 1. The molecule has 1 fully saturated rings. The van der Waals surface area contributed by atoms with Gasteiger partial charge in [0.1, 0.15) is 0 Å². The molecule has 1 atom stereocenters. The van der Waals surface area contributed by atoms with Gasteiger partial charge in [-0.1, -0.05) is 24.3 Å². The summed E-state index contributed by atoms with van der Waals surface area (Å²) >= 11 is 0. The van der Waals surface area contributed by atoms with Crippen molar-refractivity contribution in [2.75, 3.05) is 11.9 Å². The maximum Gasteiger partial charge on any atom is 0.227 e. The van der Waals surface area contributed by atoms with Crippen LogP contribution in [-0.4, -0.2) is 12.5 Å². The van der Waals surface area contributed by atoms with Crippen LogP contribution in [0.2, 0.25) is 0 Å². The molecule has 1 aliphatic carbocycles. The third kappa shape index (κ3) is 4.21. The number of carbonyl (C=O) groups excluding carboxylic acids is 1. The molecule has 1 amide bonds. The van der Waals surface area contributed by atoms with Gasteiger partial charge in [0.05, 0.1) is 0 Å². The molecule has 1 aromatic rings. The minimum atomic E-state index is 0.154. The van der Waals surface area contributed by atoms with E-state index < -0.39 is 0 Å². The lowest BCUT2D eigenvalue weighted by Gasteiger charge is -2.15. The van der Waals surface area contributed by atoms with Gasteiger partial charge in [0.25, 0.3) is 0 Å². The molecule has 0 heterocycles. The van der Waals surface area contributed by atoms with Crippen molar-refractivity contribution >= 4 is 11.6 Å². The van der Waals surface area contributed by atoms with Gasteiger partial charge in [0.15, 0.2) is 0 Å². The molecule has 0 aliphatic heterocycles. The molecule has 3 nitrogen and oxygen atoms in total. The lowest BCUT2D eigenvalue weighted by Crippen LogP contribution is -2.20. The predicted octanol–water partition coefficient (Wildman–Crippen LogP) is 3.26. The first-order chi connectivity index (χ1) is 9.06. The number of amides is 1. The van der Waals surface area contributed by atoms with Crippen LogP contribution in [0.4, 0.5) is 5.69 Å². The van der Waals surface area contributed by atoms with Crippen molar-refractivity contribution in [3.8, 4) is 0 Å². The standard InChI is InChI=1S/C16H22N2O/c1-11(2)10-17-12(3)13-6-8-15(9-7-13)18-16(19)14-4-5-14/h6-9,12,14,17H,1,4-5,10H2,2-3H3,(H,18,19). The zero-order valence-corrected chi connectivity index (χ0v) is 11.7. The summed E-state index contributed by atoms with van der Waals surface area (Å²) in [6.45, 7) is 8.84. The molecule has 0 aromatic heterocycles. The van der Waals surface area contributed by atoms with Gasteiger partial charge >= 0.3 is 0 Å². The summed E-state index contributed by atoms with van der Waals surface area (Å²) in [6, 6.07) is 8.32. The Kier molecular flexibility index (Phi) is 4.38. The fraction of sp³-hybridized carbons (Fsp3) is 0.438. The number of rotatable bonds is 6. The number of anilines is 1.